The molecule has 0 aliphatic rings. The van der Waals surface area contributed by atoms with Crippen LogP contribution in [0.4, 0.5) is 10.2 Å². The average molecular weight is 443 g/mol. The number of carbonyl (C=O) groups is 1. The van der Waals surface area contributed by atoms with Gasteiger partial charge in [-0.15, -0.1) is 0 Å². The van der Waals surface area contributed by atoms with Gasteiger partial charge in [-0.1, -0.05) is 12.1 Å². The second kappa shape index (κ2) is 6.63. The van der Waals surface area contributed by atoms with Gasteiger partial charge in [-0.3, -0.25) is 14.6 Å². The number of anilines is 1. The van der Waals surface area contributed by atoms with E-state index < -0.39 is 0 Å². The summed E-state index contributed by atoms with van der Waals surface area (Å²) in [5, 5.41) is 13.5. The Morgan fingerprint density at radius 3 is 2.65 bits per heavy atom. The van der Waals surface area contributed by atoms with Crippen LogP contribution >= 0.6 is 31.9 Å². The van der Waals surface area contributed by atoms with Gasteiger partial charge in [0.1, 0.15) is 10.4 Å². The Morgan fingerprint density at radius 1 is 1.26 bits per heavy atom. The zero-order valence-electron chi connectivity index (χ0n) is 11.6. The van der Waals surface area contributed by atoms with Crippen LogP contribution < -0.4 is 5.32 Å². The van der Waals surface area contributed by atoms with Crippen LogP contribution in [0.15, 0.2) is 45.6 Å². The first-order valence-electron chi connectivity index (χ1n) is 6.51. The number of nitrogens with zero attached hydrogens (tertiary/aromatic N) is 3. The molecule has 0 saturated carbocycles. The molecule has 1 amide bonds. The number of amides is 1. The lowest BCUT2D eigenvalue weighted by Gasteiger charge is -2.02. The molecule has 0 bridgehead atoms. The Hall–Kier alpha value is -2.00. The summed E-state index contributed by atoms with van der Waals surface area (Å²) in [6.45, 7) is 0.480. The van der Waals surface area contributed by atoms with E-state index in [2.05, 4.69) is 52.5 Å². The summed E-state index contributed by atoms with van der Waals surface area (Å²) in [5.41, 5.74) is 1.14. The first kappa shape index (κ1) is 15.9. The van der Waals surface area contributed by atoms with Crippen LogP contribution in [-0.2, 0) is 6.54 Å². The van der Waals surface area contributed by atoms with Crippen molar-refractivity contribution in [2.24, 2.45) is 0 Å². The molecule has 0 atom stereocenters. The lowest BCUT2D eigenvalue weighted by Crippen LogP contribution is -2.14. The number of nitrogens with one attached hydrogen (secondary N) is 2. The number of halogens is 3. The monoisotopic (exact) mass is 441 g/mol. The van der Waals surface area contributed by atoms with Crippen molar-refractivity contribution in [2.45, 2.75) is 6.54 Å². The number of aromatic amines is 1. The van der Waals surface area contributed by atoms with Crippen molar-refractivity contribution < 1.29 is 9.18 Å². The minimum atomic E-state index is -0.383. The maximum atomic E-state index is 12.9. The molecule has 3 aromatic rings. The standard InChI is InChI=1S/C14H10Br2FN5O/c15-11-12(19-20-13(11)16)14(23)18-10-5-6-22(21-10)7-8-1-3-9(17)4-2-8/h1-6H,7H2,(H,19,20)(H,18,21,23). The molecular weight excluding hydrogens is 433 g/mol. The molecule has 118 valence electrons. The van der Waals surface area contributed by atoms with Gasteiger partial charge in [-0.05, 0) is 49.6 Å². The second-order valence-corrected chi connectivity index (χ2v) is 6.27. The summed E-state index contributed by atoms with van der Waals surface area (Å²) in [6.07, 6.45) is 1.73. The van der Waals surface area contributed by atoms with Crippen LogP contribution in [0, 0.1) is 5.82 Å². The molecule has 3 rings (SSSR count). The summed E-state index contributed by atoms with van der Waals surface area (Å²) >= 11 is 6.49. The highest BCUT2D eigenvalue weighted by Crippen LogP contribution is 2.24. The fourth-order valence-electron chi connectivity index (χ4n) is 1.93. The predicted octanol–water partition coefficient (Wildman–Crippen LogP) is 3.57. The van der Waals surface area contributed by atoms with Crippen LogP contribution in [0.1, 0.15) is 16.1 Å². The number of hydrogen-bond donors (Lipinski definition) is 2. The molecule has 0 fully saturated rings. The van der Waals surface area contributed by atoms with Crippen molar-refractivity contribution in [1.29, 1.82) is 0 Å². The number of aromatic nitrogens is 4. The lowest BCUT2D eigenvalue weighted by atomic mass is 10.2. The highest BCUT2D eigenvalue weighted by Gasteiger charge is 2.17. The third-order valence-electron chi connectivity index (χ3n) is 3.02. The first-order chi connectivity index (χ1) is 11.0. The van der Waals surface area contributed by atoms with Crippen molar-refractivity contribution in [3.8, 4) is 0 Å². The molecule has 2 heterocycles. The molecule has 0 radical (unpaired) electrons. The molecule has 9 heteroatoms. The van der Waals surface area contributed by atoms with E-state index >= 15 is 0 Å². The predicted molar refractivity (Wildman–Crippen MR) is 89.7 cm³/mol. The minimum Gasteiger partial charge on any atom is -0.304 e. The van der Waals surface area contributed by atoms with Gasteiger partial charge in [0.05, 0.1) is 11.0 Å². The zero-order chi connectivity index (χ0) is 16.4. The molecule has 23 heavy (non-hydrogen) atoms. The molecule has 2 aromatic heterocycles. The summed E-state index contributed by atoms with van der Waals surface area (Å²) < 4.78 is 15.7. The summed E-state index contributed by atoms with van der Waals surface area (Å²) in [6, 6.07) is 7.85. The van der Waals surface area contributed by atoms with Crippen LogP contribution in [0.25, 0.3) is 0 Å². The van der Waals surface area contributed by atoms with Crippen LogP contribution in [0.5, 0.6) is 0 Å². The van der Waals surface area contributed by atoms with Gasteiger partial charge in [0.25, 0.3) is 5.91 Å². The summed E-state index contributed by atoms with van der Waals surface area (Å²) in [4.78, 5) is 12.1. The largest absolute Gasteiger partial charge is 0.304 e. The highest BCUT2D eigenvalue weighted by molar-refractivity contribution is 9.13. The van der Waals surface area contributed by atoms with Crippen molar-refractivity contribution in [1.82, 2.24) is 20.0 Å². The number of carbonyl (C=O) groups excluding carboxylic acids is 1. The molecule has 0 spiro atoms. The molecule has 6 nitrogen and oxygen atoms in total. The lowest BCUT2D eigenvalue weighted by molar-refractivity contribution is 0.102. The number of rotatable bonds is 4. The maximum absolute atomic E-state index is 12.9. The fourth-order valence-corrected chi connectivity index (χ4v) is 2.56. The molecular formula is C14H10Br2FN5O. The van der Waals surface area contributed by atoms with E-state index in [1.807, 2.05) is 0 Å². The topological polar surface area (TPSA) is 75.6 Å². The van der Waals surface area contributed by atoms with E-state index in [0.29, 0.717) is 21.4 Å². The Balaban J connectivity index is 1.68. The van der Waals surface area contributed by atoms with Crippen LogP contribution in [0.3, 0.4) is 0 Å². The minimum absolute atomic E-state index is 0.227. The Bertz CT molecular complexity index is 843. The van der Waals surface area contributed by atoms with Gasteiger partial charge < -0.3 is 5.32 Å². The van der Waals surface area contributed by atoms with Gasteiger partial charge in [0.2, 0.25) is 0 Å². The van der Waals surface area contributed by atoms with Gasteiger partial charge in [0, 0.05) is 12.3 Å². The van der Waals surface area contributed by atoms with E-state index in [1.165, 1.54) is 12.1 Å². The highest BCUT2D eigenvalue weighted by atomic mass is 79.9. The van der Waals surface area contributed by atoms with Crippen molar-refractivity contribution in [2.75, 3.05) is 5.32 Å². The van der Waals surface area contributed by atoms with Gasteiger partial charge in [0.15, 0.2) is 11.5 Å². The normalized spacial score (nSPS) is 10.7. The number of benzene rings is 1. The SMILES string of the molecule is O=C(Nc1ccn(Cc2ccc(F)cc2)n1)c1n[nH]c(Br)c1Br. The van der Waals surface area contributed by atoms with Crippen molar-refractivity contribution in [3.05, 3.63) is 62.7 Å². The molecule has 0 saturated heterocycles. The first-order valence-corrected chi connectivity index (χ1v) is 8.10. The van der Waals surface area contributed by atoms with Crippen LogP contribution in [0.2, 0.25) is 0 Å². The quantitative estimate of drug-likeness (QED) is 0.648. The Morgan fingerprint density at radius 2 is 2.00 bits per heavy atom. The Labute approximate surface area is 147 Å². The molecule has 1 aromatic carbocycles. The Kier molecular flexibility index (Phi) is 4.58. The van der Waals surface area contributed by atoms with Gasteiger partial charge >= 0.3 is 0 Å². The third-order valence-corrected chi connectivity index (χ3v) is 4.90. The third kappa shape index (κ3) is 3.67. The van der Waals surface area contributed by atoms with Gasteiger partial charge in [-0.2, -0.15) is 10.2 Å². The van der Waals surface area contributed by atoms with E-state index in [1.54, 1.807) is 29.1 Å². The zero-order valence-corrected chi connectivity index (χ0v) is 14.7. The second-order valence-electron chi connectivity index (χ2n) is 4.68. The molecule has 0 aliphatic carbocycles. The summed E-state index contributed by atoms with van der Waals surface area (Å²) in [5.74, 6) is -0.258. The molecule has 2 N–H and O–H groups in total. The van der Waals surface area contributed by atoms with Crippen LogP contribution in [-0.4, -0.2) is 25.9 Å². The van der Waals surface area contributed by atoms with E-state index in [4.69, 9.17) is 0 Å². The van der Waals surface area contributed by atoms with Gasteiger partial charge in [-0.25, -0.2) is 4.39 Å². The van der Waals surface area contributed by atoms with E-state index in [0.717, 1.165) is 5.56 Å². The van der Waals surface area contributed by atoms with E-state index in [-0.39, 0.29) is 17.4 Å². The molecule has 0 unspecified atom stereocenters. The van der Waals surface area contributed by atoms with Crippen molar-refractivity contribution >= 4 is 43.6 Å². The fraction of sp³-hybridized carbons (Fsp3) is 0.0714. The average Bonchev–Trinajstić information content (AvgIpc) is 3.09. The number of hydrogen-bond acceptors (Lipinski definition) is 3. The summed E-state index contributed by atoms with van der Waals surface area (Å²) in [7, 11) is 0. The number of H-pyrrole nitrogens is 1. The van der Waals surface area contributed by atoms with Crippen molar-refractivity contribution in [3.63, 3.8) is 0 Å². The van der Waals surface area contributed by atoms with E-state index in [9.17, 15) is 9.18 Å². The molecule has 0 aliphatic heterocycles. The maximum Gasteiger partial charge on any atom is 0.278 e. The smallest absolute Gasteiger partial charge is 0.278 e.